The molecule has 10 nitrogen and oxygen atoms in total. The molecule has 4 rings (SSSR count). The summed E-state index contributed by atoms with van der Waals surface area (Å²) in [6.45, 7) is 7.74. The maximum Gasteiger partial charge on any atom is 0.410 e. The van der Waals surface area contributed by atoms with E-state index in [2.05, 4.69) is 20.9 Å². The number of hydrogen-bond donors (Lipinski definition) is 0. The van der Waals surface area contributed by atoms with Crippen molar-refractivity contribution in [3.05, 3.63) is 35.3 Å². The molecule has 198 valence electrons. The third-order valence-corrected chi connectivity index (χ3v) is 6.45. The van der Waals surface area contributed by atoms with E-state index in [1.165, 1.54) is 14.2 Å². The molecule has 0 saturated carbocycles. The lowest BCUT2D eigenvalue weighted by Crippen LogP contribution is -2.56. The Hall–Kier alpha value is -3.81. The van der Waals surface area contributed by atoms with Crippen LogP contribution in [0.2, 0.25) is 0 Å². The van der Waals surface area contributed by atoms with Crippen molar-refractivity contribution in [1.82, 2.24) is 14.9 Å². The molecule has 1 unspecified atom stereocenters. The summed E-state index contributed by atoms with van der Waals surface area (Å²) in [5.74, 6) is 0.502. The standard InChI is InChI=1S/C26H33FN6O4/c1-26(2,3)37-25(34)33-14-13-32(15-17(33)9-11-28)23-18-10-12-31(16-19(18)29-24(30-23)36-5)20-7-6-8-21(35-4)22(20)27/h6-8,17H,9-10,12-16H2,1-5H3. The van der Waals surface area contributed by atoms with Crippen LogP contribution in [0.25, 0.3) is 0 Å². The molecular weight excluding hydrogens is 479 g/mol. The van der Waals surface area contributed by atoms with E-state index >= 15 is 0 Å². The second-order valence-corrected chi connectivity index (χ2v) is 10.1. The van der Waals surface area contributed by atoms with Gasteiger partial charge in [-0.05, 0) is 39.3 Å². The molecule has 2 aliphatic heterocycles. The zero-order valence-electron chi connectivity index (χ0n) is 22.0. The van der Waals surface area contributed by atoms with Gasteiger partial charge in [0.1, 0.15) is 11.4 Å². The van der Waals surface area contributed by atoms with Crippen molar-refractivity contribution in [3.63, 3.8) is 0 Å². The maximum atomic E-state index is 15.0. The Labute approximate surface area is 216 Å². The summed E-state index contributed by atoms with van der Waals surface area (Å²) in [5.41, 5.74) is 1.53. The molecule has 11 heteroatoms. The molecule has 2 aromatic rings. The highest BCUT2D eigenvalue weighted by atomic mass is 19.1. The predicted octanol–water partition coefficient (Wildman–Crippen LogP) is 3.53. The molecule has 1 amide bonds. The van der Waals surface area contributed by atoms with Crippen LogP contribution in [0.5, 0.6) is 11.8 Å². The minimum absolute atomic E-state index is 0.170. The largest absolute Gasteiger partial charge is 0.494 e. The lowest BCUT2D eigenvalue weighted by Gasteiger charge is -2.42. The van der Waals surface area contributed by atoms with Crippen molar-refractivity contribution in [1.29, 1.82) is 5.26 Å². The number of ether oxygens (including phenoxy) is 3. The molecular formula is C26H33FN6O4. The number of rotatable bonds is 5. The fourth-order valence-corrected chi connectivity index (χ4v) is 4.74. The Morgan fingerprint density at radius 2 is 1.95 bits per heavy atom. The van der Waals surface area contributed by atoms with E-state index < -0.39 is 17.5 Å². The van der Waals surface area contributed by atoms with Crippen molar-refractivity contribution in [2.75, 3.05) is 50.2 Å². The van der Waals surface area contributed by atoms with Gasteiger partial charge in [0.05, 0.1) is 50.7 Å². The summed E-state index contributed by atoms with van der Waals surface area (Å²) in [5, 5.41) is 9.44. The second-order valence-electron chi connectivity index (χ2n) is 10.1. The average Bonchev–Trinajstić information content (AvgIpc) is 2.87. The number of aromatic nitrogens is 2. The Bertz CT molecular complexity index is 1190. The van der Waals surface area contributed by atoms with Crippen LogP contribution in [0.1, 0.15) is 38.4 Å². The number of anilines is 2. The van der Waals surface area contributed by atoms with E-state index in [-0.39, 0.29) is 24.2 Å². The molecule has 1 atom stereocenters. The number of piperazine rings is 1. The number of amides is 1. The highest BCUT2D eigenvalue weighted by Crippen LogP contribution is 2.34. The van der Waals surface area contributed by atoms with Crippen LogP contribution in [0.4, 0.5) is 20.7 Å². The van der Waals surface area contributed by atoms with E-state index in [1.54, 1.807) is 23.1 Å². The highest BCUT2D eigenvalue weighted by Gasteiger charge is 2.36. The molecule has 1 fully saturated rings. The van der Waals surface area contributed by atoms with Gasteiger partial charge in [-0.1, -0.05) is 6.07 Å². The monoisotopic (exact) mass is 512 g/mol. The number of fused-ring (bicyclic) bond motifs is 1. The molecule has 3 heterocycles. The Morgan fingerprint density at radius 3 is 2.62 bits per heavy atom. The Balaban J connectivity index is 1.61. The lowest BCUT2D eigenvalue weighted by atomic mass is 10.0. The number of carbonyl (C=O) groups is 1. The van der Waals surface area contributed by atoms with Crippen LogP contribution >= 0.6 is 0 Å². The number of halogens is 1. The minimum Gasteiger partial charge on any atom is -0.494 e. The first-order chi connectivity index (χ1) is 17.6. The number of nitrogens with zero attached hydrogens (tertiary/aromatic N) is 6. The lowest BCUT2D eigenvalue weighted by molar-refractivity contribution is 0.0144. The molecule has 1 aromatic heterocycles. The van der Waals surface area contributed by atoms with Gasteiger partial charge < -0.3 is 28.9 Å². The quantitative estimate of drug-likeness (QED) is 0.595. The van der Waals surface area contributed by atoms with Crippen LogP contribution in [0.15, 0.2) is 18.2 Å². The van der Waals surface area contributed by atoms with Crippen LogP contribution < -0.4 is 19.3 Å². The van der Waals surface area contributed by atoms with Crippen molar-refractivity contribution in [2.24, 2.45) is 0 Å². The summed E-state index contributed by atoms with van der Waals surface area (Å²) in [6.07, 6.45) is 0.342. The van der Waals surface area contributed by atoms with Gasteiger partial charge in [0, 0.05) is 31.7 Å². The van der Waals surface area contributed by atoms with Gasteiger partial charge in [-0.3, -0.25) is 0 Å². The Morgan fingerprint density at radius 1 is 1.16 bits per heavy atom. The van der Waals surface area contributed by atoms with E-state index in [9.17, 15) is 14.4 Å². The van der Waals surface area contributed by atoms with Gasteiger partial charge in [0.25, 0.3) is 0 Å². The molecule has 0 N–H and O–H groups in total. The van der Waals surface area contributed by atoms with Gasteiger partial charge in [0.15, 0.2) is 11.6 Å². The summed E-state index contributed by atoms with van der Waals surface area (Å²) < 4.78 is 31.1. The SMILES string of the molecule is COc1nc2c(c(N3CCN(C(=O)OC(C)(C)C)C(CC#N)C3)n1)CCN(c1cccc(OC)c1F)C2. The zero-order valence-corrected chi connectivity index (χ0v) is 22.0. The van der Waals surface area contributed by atoms with Crippen LogP contribution in [-0.4, -0.2) is 73.0 Å². The number of methoxy groups -OCH3 is 2. The molecule has 2 aliphatic rings. The summed E-state index contributed by atoms with van der Waals surface area (Å²) in [6, 6.07) is 7.14. The summed E-state index contributed by atoms with van der Waals surface area (Å²) in [7, 11) is 2.95. The van der Waals surface area contributed by atoms with Gasteiger partial charge in [-0.25, -0.2) is 9.18 Å². The fourth-order valence-electron chi connectivity index (χ4n) is 4.74. The van der Waals surface area contributed by atoms with Crippen LogP contribution in [0.3, 0.4) is 0 Å². The van der Waals surface area contributed by atoms with Crippen LogP contribution in [0, 0.1) is 17.1 Å². The fraction of sp³-hybridized carbons (Fsp3) is 0.538. The molecule has 0 bridgehead atoms. The maximum absolute atomic E-state index is 15.0. The van der Waals surface area contributed by atoms with Crippen molar-refractivity contribution >= 4 is 17.6 Å². The normalized spacial score (nSPS) is 17.6. The zero-order chi connectivity index (χ0) is 26.7. The first-order valence-corrected chi connectivity index (χ1v) is 12.3. The van der Waals surface area contributed by atoms with Crippen molar-refractivity contribution in [2.45, 2.75) is 51.8 Å². The molecule has 1 saturated heterocycles. The molecule has 0 spiro atoms. The van der Waals surface area contributed by atoms with E-state index in [0.29, 0.717) is 44.8 Å². The summed E-state index contributed by atoms with van der Waals surface area (Å²) in [4.78, 5) is 27.7. The third-order valence-electron chi connectivity index (χ3n) is 6.45. The number of hydrogen-bond acceptors (Lipinski definition) is 9. The van der Waals surface area contributed by atoms with E-state index in [4.69, 9.17) is 14.2 Å². The minimum atomic E-state index is -0.626. The molecule has 37 heavy (non-hydrogen) atoms. The first-order valence-electron chi connectivity index (χ1n) is 12.3. The van der Waals surface area contributed by atoms with Crippen LogP contribution in [-0.2, 0) is 17.7 Å². The average molecular weight is 513 g/mol. The molecule has 1 aromatic carbocycles. The topological polar surface area (TPSA) is 104 Å². The predicted molar refractivity (Wildman–Crippen MR) is 135 cm³/mol. The van der Waals surface area contributed by atoms with Gasteiger partial charge in [-0.2, -0.15) is 15.2 Å². The first kappa shape index (κ1) is 26.3. The smallest absolute Gasteiger partial charge is 0.410 e. The summed E-state index contributed by atoms with van der Waals surface area (Å²) >= 11 is 0. The van der Waals surface area contributed by atoms with Gasteiger partial charge in [0.2, 0.25) is 0 Å². The third kappa shape index (κ3) is 5.63. The Kier molecular flexibility index (Phi) is 7.57. The van der Waals surface area contributed by atoms with E-state index in [0.717, 1.165) is 17.1 Å². The number of benzene rings is 1. The number of nitriles is 1. The second kappa shape index (κ2) is 10.7. The van der Waals surface area contributed by atoms with Crippen molar-refractivity contribution < 1.29 is 23.4 Å². The molecule has 0 aliphatic carbocycles. The molecule has 0 radical (unpaired) electrons. The van der Waals surface area contributed by atoms with Gasteiger partial charge >= 0.3 is 12.1 Å². The van der Waals surface area contributed by atoms with Crippen molar-refractivity contribution in [3.8, 4) is 17.8 Å². The van der Waals surface area contributed by atoms with E-state index in [1.807, 2.05) is 25.7 Å². The number of carbonyl (C=O) groups excluding carboxylic acids is 1. The van der Waals surface area contributed by atoms with Gasteiger partial charge in [-0.15, -0.1) is 0 Å². The highest BCUT2D eigenvalue weighted by molar-refractivity contribution is 5.69.